The first-order valence-corrected chi connectivity index (χ1v) is 7.68. The van der Waals surface area contributed by atoms with Crippen molar-refractivity contribution >= 4 is 5.97 Å². The summed E-state index contributed by atoms with van der Waals surface area (Å²) in [5.41, 5.74) is -0.831. The van der Waals surface area contributed by atoms with E-state index in [2.05, 4.69) is 17.1 Å². The van der Waals surface area contributed by atoms with E-state index in [1.807, 2.05) is 13.8 Å². The van der Waals surface area contributed by atoms with Crippen LogP contribution in [0.5, 0.6) is 0 Å². The van der Waals surface area contributed by atoms with Crippen molar-refractivity contribution < 1.29 is 14.6 Å². The second kappa shape index (κ2) is 7.96. The molecule has 20 heavy (non-hydrogen) atoms. The van der Waals surface area contributed by atoms with Crippen LogP contribution in [0.15, 0.2) is 0 Å². The maximum atomic E-state index is 11.4. The van der Waals surface area contributed by atoms with Crippen LogP contribution in [0.3, 0.4) is 0 Å². The number of rotatable bonds is 7. The molecule has 2 unspecified atom stereocenters. The number of nitrogens with one attached hydrogen (secondary N) is 1. The van der Waals surface area contributed by atoms with Gasteiger partial charge in [0.05, 0.1) is 6.10 Å². The topological polar surface area (TPSA) is 61.8 Å². The smallest absolute Gasteiger partial charge is 0.323 e. The van der Waals surface area contributed by atoms with Crippen molar-refractivity contribution in [2.75, 3.05) is 26.2 Å². The van der Waals surface area contributed by atoms with Crippen LogP contribution >= 0.6 is 0 Å². The molecule has 0 aliphatic carbocycles. The molecule has 118 valence electrons. The highest BCUT2D eigenvalue weighted by Gasteiger charge is 2.33. The number of carboxylic acids is 1. The van der Waals surface area contributed by atoms with Gasteiger partial charge in [-0.25, -0.2) is 0 Å². The number of carbonyl (C=O) groups is 1. The molecule has 1 rings (SSSR count). The average molecular weight is 286 g/mol. The molecule has 1 aliphatic heterocycles. The Bertz CT molecular complexity index is 309. The summed E-state index contributed by atoms with van der Waals surface area (Å²) in [4.78, 5) is 13.8. The van der Waals surface area contributed by atoms with Crippen LogP contribution in [0.25, 0.3) is 0 Å². The Balaban J connectivity index is 2.41. The Morgan fingerprint density at radius 3 is 2.85 bits per heavy atom. The second-order valence-electron chi connectivity index (χ2n) is 6.38. The third-order valence-electron chi connectivity index (χ3n) is 3.77. The Morgan fingerprint density at radius 1 is 1.55 bits per heavy atom. The van der Waals surface area contributed by atoms with Crippen molar-refractivity contribution in [3.63, 3.8) is 0 Å². The predicted octanol–water partition coefficient (Wildman–Crippen LogP) is 1.72. The number of ether oxygens (including phenoxy) is 1. The minimum Gasteiger partial charge on any atom is -0.480 e. The van der Waals surface area contributed by atoms with Crippen molar-refractivity contribution in [3.05, 3.63) is 0 Å². The summed E-state index contributed by atoms with van der Waals surface area (Å²) in [6.45, 7) is 11.6. The standard InChI is InChI=1S/C15H30N2O3/c1-12(2)16-15(4,14(18)19)7-5-8-17-9-6-10-20-13(3)11-17/h12-13,16H,5-11H2,1-4H3,(H,18,19). The number of hydrogen-bond acceptors (Lipinski definition) is 4. The third kappa shape index (κ3) is 5.77. The van der Waals surface area contributed by atoms with Gasteiger partial charge in [0.15, 0.2) is 0 Å². The van der Waals surface area contributed by atoms with E-state index in [9.17, 15) is 9.90 Å². The lowest BCUT2D eigenvalue weighted by Gasteiger charge is -2.30. The molecule has 0 saturated carbocycles. The number of aliphatic carboxylic acids is 1. The first kappa shape index (κ1) is 17.4. The van der Waals surface area contributed by atoms with E-state index in [0.717, 1.165) is 39.1 Å². The van der Waals surface area contributed by atoms with Gasteiger partial charge in [-0.3, -0.25) is 10.1 Å². The Morgan fingerprint density at radius 2 is 2.25 bits per heavy atom. The maximum Gasteiger partial charge on any atom is 0.323 e. The molecule has 1 fully saturated rings. The van der Waals surface area contributed by atoms with Gasteiger partial charge in [0.2, 0.25) is 0 Å². The van der Waals surface area contributed by atoms with E-state index in [0.29, 0.717) is 6.42 Å². The first-order chi connectivity index (χ1) is 9.33. The van der Waals surface area contributed by atoms with Crippen LogP contribution < -0.4 is 5.32 Å². The van der Waals surface area contributed by atoms with Crippen molar-refractivity contribution in [2.45, 2.75) is 64.6 Å². The minimum absolute atomic E-state index is 0.169. The summed E-state index contributed by atoms with van der Waals surface area (Å²) >= 11 is 0. The highest BCUT2D eigenvalue weighted by Crippen LogP contribution is 2.15. The molecule has 5 heteroatoms. The van der Waals surface area contributed by atoms with Crippen LogP contribution in [0.4, 0.5) is 0 Å². The lowest BCUT2D eigenvalue weighted by molar-refractivity contribution is -0.144. The molecule has 1 saturated heterocycles. The zero-order valence-corrected chi connectivity index (χ0v) is 13.3. The zero-order valence-electron chi connectivity index (χ0n) is 13.3. The van der Waals surface area contributed by atoms with E-state index in [-0.39, 0.29) is 12.1 Å². The monoisotopic (exact) mass is 286 g/mol. The highest BCUT2D eigenvalue weighted by molar-refractivity contribution is 5.78. The summed E-state index contributed by atoms with van der Waals surface area (Å²) in [6, 6.07) is 0.169. The largest absolute Gasteiger partial charge is 0.480 e. The summed E-state index contributed by atoms with van der Waals surface area (Å²) in [6.07, 6.45) is 2.86. The molecular formula is C15H30N2O3. The van der Waals surface area contributed by atoms with Crippen LogP contribution in [0.1, 0.15) is 47.0 Å². The van der Waals surface area contributed by atoms with Gasteiger partial charge in [0.25, 0.3) is 0 Å². The fraction of sp³-hybridized carbons (Fsp3) is 0.933. The van der Waals surface area contributed by atoms with Gasteiger partial charge < -0.3 is 14.7 Å². The molecule has 1 heterocycles. The molecule has 0 aromatic carbocycles. The van der Waals surface area contributed by atoms with Crippen molar-refractivity contribution in [2.24, 2.45) is 0 Å². The summed E-state index contributed by atoms with van der Waals surface area (Å²) < 4.78 is 5.62. The number of nitrogens with zero attached hydrogens (tertiary/aromatic N) is 1. The summed E-state index contributed by atoms with van der Waals surface area (Å²) in [5.74, 6) is -0.765. The van der Waals surface area contributed by atoms with Gasteiger partial charge >= 0.3 is 5.97 Å². The van der Waals surface area contributed by atoms with Crippen LogP contribution in [-0.4, -0.2) is 59.9 Å². The minimum atomic E-state index is -0.831. The molecule has 2 N–H and O–H groups in total. The normalized spacial score (nSPS) is 24.4. The highest BCUT2D eigenvalue weighted by atomic mass is 16.5. The van der Waals surface area contributed by atoms with Gasteiger partial charge in [0, 0.05) is 25.7 Å². The molecule has 5 nitrogen and oxygen atoms in total. The number of hydrogen-bond donors (Lipinski definition) is 2. The summed E-state index contributed by atoms with van der Waals surface area (Å²) in [5, 5.41) is 12.6. The first-order valence-electron chi connectivity index (χ1n) is 7.68. The van der Waals surface area contributed by atoms with E-state index in [1.165, 1.54) is 0 Å². The summed E-state index contributed by atoms with van der Waals surface area (Å²) in [7, 11) is 0. The number of carboxylic acid groups (broad SMARTS) is 1. The zero-order chi connectivity index (χ0) is 15.2. The second-order valence-corrected chi connectivity index (χ2v) is 6.38. The lowest BCUT2D eigenvalue weighted by atomic mass is 9.94. The third-order valence-corrected chi connectivity index (χ3v) is 3.77. The van der Waals surface area contributed by atoms with Crippen molar-refractivity contribution in [1.29, 1.82) is 0 Å². The molecule has 0 spiro atoms. The quantitative estimate of drug-likeness (QED) is 0.746. The van der Waals surface area contributed by atoms with Gasteiger partial charge in [-0.05, 0) is 53.5 Å². The predicted molar refractivity (Wildman–Crippen MR) is 80.0 cm³/mol. The SMILES string of the molecule is CC(C)NC(C)(CCCN1CCCOC(C)C1)C(=O)O. The van der Waals surface area contributed by atoms with Gasteiger partial charge in [-0.2, -0.15) is 0 Å². The van der Waals surface area contributed by atoms with E-state index < -0.39 is 11.5 Å². The molecule has 1 aliphatic rings. The van der Waals surface area contributed by atoms with E-state index in [1.54, 1.807) is 6.92 Å². The molecule has 0 radical (unpaired) electrons. The molecule has 0 amide bonds. The Kier molecular flexibility index (Phi) is 6.92. The van der Waals surface area contributed by atoms with Crippen LogP contribution in [0.2, 0.25) is 0 Å². The van der Waals surface area contributed by atoms with Gasteiger partial charge in [-0.15, -0.1) is 0 Å². The molecule has 0 bridgehead atoms. The van der Waals surface area contributed by atoms with Gasteiger partial charge in [-0.1, -0.05) is 0 Å². The van der Waals surface area contributed by atoms with Gasteiger partial charge in [0.1, 0.15) is 5.54 Å². The maximum absolute atomic E-state index is 11.4. The van der Waals surface area contributed by atoms with Crippen molar-refractivity contribution in [1.82, 2.24) is 10.2 Å². The van der Waals surface area contributed by atoms with Crippen LogP contribution in [0, 0.1) is 0 Å². The lowest BCUT2D eigenvalue weighted by Crippen LogP contribution is -2.52. The molecule has 2 atom stereocenters. The fourth-order valence-corrected chi connectivity index (χ4v) is 2.82. The molecular weight excluding hydrogens is 256 g/mol. The van der Waals surface area contributed by atoms with E-state index in [4.69, 9.17) is 4.74 Å². The van der Waals surface area contributed by atoms with Crippen LogP contribution in [-0.2, 0) is 9.53 Å². The fourth-order valence-electron chi connectivity index (χ4n) is 2.82. The average Bonchev–Trinajstić information content (AvgIpc) is 2.52. The molecule has 0 aromatic heterocycles. The Labute approximate surface area is 122 Å². The Hall–Kier alpha value is -0.650. The van der Waals surface area contributed by atoms with E-state index >= 15 is 0 Å². The molecule has 0 aromatic rings. The van der Waals surface area contributed by atoms with Crippen molar-refractivity contribution in [3.8, 4) is 0 Å².